The van der Waals surface area contributed by atoms with Crippen molar-refractivity contribution in [3.8, 4) is 11.5 Å². The molecule has 2 N–H and O–H groups in total. The third kappa shape index (κ3) is 4.47. The molecule has 1 atom stereocenters. The monoisotopic (exact) mass is 423 g/mol. The van der Waals surface area contributed by atoms with E-state index in [1.54, 1.807) is 36.4 Å². The predicted octanol–water partition coefficient (Wildman–Crippen LogP) is 2.91. The SMILES string of the molecule is COc1cc(NC(=O)C2CC(=O)N(C3CC3)C2)c(OC)cc1NC(=O)c1ccccc1. The Morgan fingerprint density at radius 3 is 2.16 bits per heavy atom. The summed E-state index contributed by atoms with van der Waals surface area (Å²) in [6.45, 7) is 0.444. The van der Waals surface area contributed by atoms with E-state index in [-0.39, 0.29) is 24.1 Å². The minimum atomic E-state index is -0.402. The summed E-state index contributed by atoms with van der Waals surface area (Å²) in [5.41, 5.74) is 1.34. The summed E-state index contributed by atoms with van der Waals surface area (Å²) in [5, 5.41) is 5.67. The van der Waals surface area contributed by atoms with E-state index in [4.69, 9.17) is 9.47 Å². The second kappa shape index (κ2) is 8.67. The zero-order chi connectivity index (χ0) is 22.0. The number of benzene rings is 2. The maximum absolute atomic E-state index is 12.8. The molecule has 0 bridgehead atoms. The lowest BCUT2D eigenvalue weighted by Gasteiger charge is -2.18. The quantitative estimate of drug-likeness (QED) is 0.714. The van der Waals surface area contributed by atoms with Crippen molar-refractivity contribution in [2.24, 2.45) is 5.92 Å². The third-order valence-electron chi connectivity index (χ3n) is 5.58. The molecule has 4 rings (SSSR count). The highest BCUT2D eigenvalue weighted by Crippen LogP contribution is 2.38. The van der Waals surface area contributed by atoms with Crippen LogP contribution in [0.15, 0.2) is 42.5 Å². The zero-order valence-electron chi connectivity index (χ0n) is 17.5. The van der Waals surface area contributed by atoms with Gasteiger partial charge in [-0.2, -0.15) is 0 Å². The first-order valence-corrected chi connectivity index (χ1v) is 10.2. The lowest BCUT2D eigenvalue weighted by Crippen LogP contribution is -2.30. The molecular formula is C23H25N3O5. The average Bonchev–Trinajstić information content (AvgIpc) is 3.55. The molecule has 1 saturated carbocycles. The molecule has 31 heavy (non-hydrogen) atoms. The lowest BCUT2D eigenvalue weighted by molar-refractivity contribution is -0.128. The van der Waals surface area contributed by atoms with Gasteiger partial charge < -0.3 is 25.0 Å². The maximum atomic E-state index is 12.8. The number of carbonyl (C=O) groups excluding carboxylic acids is 3. The van der Waals surface area contributed by atoms with E-state index in [0.29, 0.717) is 41.0 Å². The minimum Gasteiger partial charge on any atom is -0.494 e. The molecular weight excluding hydrogens is 398 g/mol. The molecule has 2 aromatic rings. The van der Waals surface area contributed by atoms with Crippen LogP contribution in [0.3, 0.4) is 0 Å². The molecule has 8 nitrogen and oxygen atoms in total. The van der Waals surface area contributed by atoms with Crippen LogP contribution < -0.4 is 20.1 Å². The number of hydrogen-bond acceptors (Lipinski definition) is 5. The van der Waals surface area contributed by atoms with Crippen molar-refractivity contribution in [2.75, 3.05) is 31.4 Å². The molecule has 2 aliphatic rings. The van der Waals surface area contributed by atoms with Crippen LogP contribution in [0, 0.1) is 5.92 Å². The van der Waals surface area contributed by atoms with Gasteiger partial charge in [0.15, 0.2) is 0 Å². The molecule has 0 spiro atoms. The summed E-state index contributed by atoms with van der Waals surface area (Å²) >= 11 is 0. The lowest BCUT2D eigenvalue weighted by atomic mass is 10.1. The van der Waals surface area contributed by atoms with Crippen molar-refractivity contribution in [2.45, 2.75) is 25.3 Å². The number of amides is 3. The molecule has 0 radical (unpaired) electrons. The van der Waals surface area contributed by atoms with Crippen molar-refractivity contribution in [1.29, 1.82) is 0 Å². The largest absolute Gasteiger partial charge is 0.494 e. The second-order valence-electron chi connectivity index (χ2n) is 7.74. The predicted molar refractivity (Wildman–Crippen MR) is 115 cm³/mol. The van der Waals surface area contributed by atoms with Crippen molar-refractivity contribution >= 4 is 29.1 Å². The van der Waals surface area contributed by atoms with Gasteiger partial charge in [-0.1, -0.05) is 18.2 Å². The molecule has 1 saturated heterocycles. The van der Waals surface area contributed by atoms with E-state index in [2.05, 4.69) is 10.6 Å². The highest BCUT2D eigenvalue weighted by atomic mass is 16.5. The molecule has 1 unspecified atom stereocenters. The Kier molecular flexibility index (Phi) is 5.79. The first-order valence-electron chi connectivity index (χ1n) is 10.2. The molecule has 3 amide bonds. The van der Waals surface area contributed by atoms with Gasteiger partial charge >= 0.3 is 0 Å². The Morgan fingerprint density at radius 2 is 1.58 bits per heavy atom. The number of nitrogens with one attached hydrogen (secondary N) is 2. The van der Waals surface area contributed by atoms with E-state index in [0.717, 1.165) is 12.8 Å². The van der Waals surface area contributed by atoms with Crippen LogP contribution in [0.2, 0.25) is 0 Å². The Balaban J connectivity index is 1.51. The maximum Gasteiger partial charge on any atom is 0.255 e. The Morgan fingerprint density at radius 1 is 0.968 bits per heavy atom. The number of hydrogen-bond donors (Lipinski definition) is 2. The first-order chi connectivity index (χ1) is 15.0. The molecule has 1 heterocycles. The summed E-state index contributed by atoms with van der Waals surface area (Å²) in [7, 11) is 2.96. The number of anilines is 2. The molecule has 162 valence electrons. The number of methoxy groups -OCH3 is 2. The number of nitrogens with zero attached hydrogens (tertiary/aromatic N) is 1. The summed E-state index contributed by atoms with van der Waals surface area (Å²) in [6, 6.07) is 12.3. The summed E-state index contributed by atoms with van der Waals surface area (Å²) in [5.74, 6) is -0.143. The Bertz CT molecular complexity index is 1000. The van der Waals surface area contributed by atoms with Gasteiger partial charge in [0.2, 0.25) is 11.8 Å². The average molecular weight is 423 g/mol. The fourth-order valence-corrected chi connectivity index (χ4v) is 3.76. The van der Waals surface area contributed by atoms with Crippen LogP contribution in [0.5, 0.6) is 11.5 Å². The van der Waals surface area contributed by atoms with Gasteiger partial charge in [-0.15, -0.1) is 0 Å². The van der Waals surface area contributed by atoms with Crippen LogP contribution in [-0.2, 0) is 9.59 Å². The highest BCUT2D eigenvalue weighted by molar-refractivity contribution is 6.06. The summed E-state index contributed by atoms with van der Waals surface area (Å²) in [6.07, 6.45) is 2.25. The van der Waals surface area contributed by atoms with Crippen LogP contribution >= 0.6 is 0 Å². The number of carbonyl (C=O) groups is 3. The molecule has 8 heteroatoms. The first kappa shape index (κ1) is 20.7. The van der Waals surface area contributed by atoms with Crippen LogP contribution in [0.25, 0.3) is 0 Å². The Labute approximate surface area is 180 Å². The van der Waals surface area contributed by atoms with Gasteiger partial charge in [0, 0.05) is 36.7 Å². The van der Waals surface area contributed by atoms with Crippen molar-refractivity contribution in [1.82, 2.24) is 4.90 Å². The van der Waals surface area contributed by atoms with Crippen molar-refractivity contribution in [3.63, 3.8) is 0 Å². The van der Waals surface area contributed by atoms with Crippen LogP contribution in [0.1, 0.15) is 29.6 Å². The van der Waals surface area contributed by atoms with Gasteiger partial charge in [-0.05, 0) is 25.0 Å². The smallest absolute Gasteiger partial charge is 0.255 e. The van der Waals surface area contributed by atoms with Crippen molar-refractivity contribution in [3.05, 3.63) is 48.0 Å². The molecule has 2 fully saturated rings. The van der Waals surface area contributed by atoms with E-state index in [9.17, 15) is 14.4 Å². The molecule has 2 aromatic carbocycles. The topological polar surface area (TPSA) is 97.0 Å². The standard InChI is InChI=1S/C23H25N3O5/c1-30-19-12-18(25-23(29)15-10-21(27)26(13-15)16-8-9-16)20(31-2)11-17(19)24-22(28)14-6-4-3-5-7-14/h3-7,11-12,15-16H,8-10,13H2,1-2H3,(H,24,28)(H,25,29). The number of likely N-dealkylation sites (tertiary alicyclic amines) is 1. The normalized spacial score (nSPS) is 17.9. The van der Waals surface area contributed by atoms with Crippen LogP contribution in [-0.4, -0.2) is 49.4 Å². The van der Waals surface area contributed by atoms with Gasteiger partial charge in [0.05, 0.1) is 31.5 Å². The number of rotatable bonds is 7. The number of ether oxygens (including phenoxy) is 2. The van der Waals surface area contributed by atoms with E-state index in [1.807, 2.05) is 11.0 Å². The van der Waals surface area contributed by atoms with E-state index < -0.39 is 5.92 Å². The minimum absolute atomic E-state index is 0.0335. The van der Waals surface area contributed by atoms with Gasteiger partial charge in [0.1, 0.15) is 11.5 Å². The van der Waals surface area contributed by atoms with E-state index in [1.165, 1.54) is 14.2 Å². The molecule has 1 aliphatic heterocycles. The van der Waals surface area contributed by atoms with Gasteiger partial charge in [-0.25, -0.2) is 0 Å². The highest BCUT2D eigenvalue weighted by Gasteiger charge is 2.41. The fraction of sp³-hybridized carbons (Fsp3) is 0.348. The summed E-state index contributed by atoms with van der Waals surface area (Å²) in [4.78, 5) is 39.3. The fourth-order valence-electron chi connectivity index (χ4n) is 3.76. The zero-order valence-corrected chi connectivity index (χ0v) is 17.5. The second-order valence-corrected chi connectivity index (χ2v) is 7.74. The van der Waals surface area contributed by atoms with Gasteiger partial charge in [0.25, 0.3) is 5.91 Å². The summed E-state index contributed by atoms with van der Waals surface area (Å²) < 4.78 is 10.8. The third-order valence-corrected chi connectivity index (χ3v) is 5.58. The van der Waals surface area contributed by atoms with Gasteiger partial charge in [-0.3, -0.25) is 14.4 Å². The van der Waals surface area contributed by atoms with Crippen LogP contribution in [0.4, 0.5) is 11.4 Å². The Hall–Kier alpha value is -3.55. The van der Waals surface area contributed by atoms with Crippen molar-refractivity contribution < 1.29 is 23.9 Å². The molecule has 0 aromatic heterocycles. The molecule has 1 aliphatic carbocycles. The van der Waals surface area contributed by atoms with E-state index >= 15 is 0 Å².